The summed E-state index contributed by atoms with van der Waals surface area (Å²) in [5.41, 5.74) is 2.11. The number of ether oxygens (including phenoxy) is 3. The van der Waals surface area contributed by atoms with E-state index in [4.69, 9.17) is 14.2 Å². The van der Waals surface area contributed by atoms with Gasteiger partial charge in [-0.1, -0.05) is 24.3 Å². The van der Waals surface area contributed by atoms with E-state index in [1.807, 2.05) is 55.5 Å². The molecule has 0 bridgehead atoms. The van der Waals surface area contributed by atoms with Crippen LogP contribution in [0.1, 0.15) is 23.6 Å². The van der Waals surface area contributed by atoms with Crippen molar-refractivity contribution in [2.45, 2.75) is 20.0 Å². The maximum absolute atomic E-state index is 15.3. The summed E-state index contributed by atoms with van der Waals surface area (Å²) in [6.07, 6.45) is 2.77. The van der Waals surface area contributed by atoms with Crippen molar-refractivity contribution in [3.63, 3.8) is 0 Å². The molecular weight excluding hydrogens is 492 g/mol. The Labute approximate surface area is 201 Å². The highest BCUT2D eigenvalue weighted by atomic mass is 79.9. The van der Waals surface area contributed by atoms with Crippen molar-refractivity contribution < 1.29 is 23.0 Å². The van der Waals surface area contributed by atoms with E-state index in [1.54, 1.807) is 25.2 Å². The number of hydrogen-bond acceptors (Lipinski definition) is 4. The third kappa shape index (κ3) is 6.26. The fourth-order valence-electron chi connectivity index (χ4n) is 3.32. The van der Waals surface area contributed by atoms with Crippen LogP contribution in [0.3, 0.4) is 0 Å². The van der Waals surface area contributed by atoms with Gasteiger partial charge in [0.2, 0.25) is 0 Å². The molecule has 0 N–H and O–H groups in total. The van der Waals surface area contributed by atoms with Gasteiger partial charge in [0.05, 0.1) is 32.8 Å². The van der Waals surface area contributed by atoms with Crippen LogP contribution in [-0.4, -0.2) is 20.8 Å². The van der Waals surface area contributed by atoms with Crippen LogP contribution in [0.25, 0.3) is 6.08 Å². The van der Waals surface area contributed by atoms with Crippen LogP contribution in [0.2, 0.25) is 0 Å². The third-order valence-corrected chi connectivity index (χ3v) is 5.73. The first kappa shape index (κ1) is 24.6. The van der Waals surface area contributed by atoms with Gasteiger partial charge in [0.25, 0.3) is 0 Å². The van der Waals surface area contributed by atoms with Gasteiger partial charge < -0.3 is 19.1 Å². The first-order chi connectivity index (χ1) is 16.0. The van der Waals surface area contributed by atoms with E-state index in [-0.39, 0.29) is 11.3 Å². The highest BCUT2D eigenvalue weighted by Gasteiger charge is 2.21. The second-order valence-corrected chi connectivity index (χ2v) is 8.08. The molecule has 0 aliphatic carbocycles. The molecule has 0 unspecified atom stereocenters. The quantitative estimate of drug-likeness (QED) is 0.215. The molecule has 0 spiro atoms. The molecule has 0 aliphatic heterocycles. The molecule has 3 aromatic carbocycles. The van der Waals surface area contributed by atoms with Crippen molar-refractivity contribution >= 4 is 27.7 Å². The number of halogens is 3. The van der Waals surface area contributed by atoms with Gasteiger partial charge in [-0.2, -0.15) is 0 Å². The molecule has 0 amide bonds. The van der Waals surface area contributed by atoms with E-state index >= 15 is 8.78 Å². The number of benzene rings is 3. The normalized spacial score (nSPS) is 11.0. The molecule has 0 saturated heterocycles. The Morgan fingerprint density at radius 2 is 1.36 bits per heavy atom. The van der Waals surface area contributed by atoms with E-state index in [2.05, 4.69) is 15.9 Å². The molecule has 0 atom stereocenters. The topological polar surface area (TPSA) is 30.9 Å². The van der Waals surface area contributed by atoms with Crippen LogP contribution in [0.5, 0.6) is 11.5 Å². The standard InChI is InChI=1S/C26H26BrF2NO3/c1-4-33-14-13-22-23(27)15-24(26(29)25(22)28)30(16-18-5-9-20(31-2)10-6-18)17-19-7-11-21(32-3)12-8-19/h5-15H,4,16-17H2,1-3H3/b14-13+. The van der Waals surface area contributed by atoms with Gasteiger partial charge in [-0.15, -0.1) is 0 Å². The average molecular weight is 518 g/mol. The molecule has 0 aliphatic rings. The maximum atomic E-state index is 15.3. The third-order valence-electron chi connectivity index (χ3n) is 5.08. The van der Waals surface area contributed by atoms with Crippen molar-refractivity contribution in [2.75, 3.05) is 25.7 Å². The Hall–Kier alpha value is -3.06. The summed E-state index contributed by atoms with van der Waals surface area (Å²) in [6, 6.07) is 16.6. The summed E-state index contributed by atoms with van der Waals surface area (Å²) in [6.45, 7) is 2.99. The number of anilines is 1. The molecule has 0 saturated carbocycles. The average Bonchev–Trinajstić information content (AvgIpc) is 2.84. The lowest BCUT2D eigenvalue weighted by molar-refractivity contribution is 0.272. The fraction of sp³-hybridized carbons (Fsp3) is 0.231. The first-order valence-corrected chi connectivity index (χ1v) is 11.2. The number of nitrogens with zero attached hydrogens (tertiary/aromatic N) is 1. The Morgan fingerprint density at radius 3 is 1.82 bits per heavy atom. The minimum absolute atomic E-state index is 0.0959. The van der Waals surface area contributed by atoms with E-state index in [0.717, 1.165) is 22.6 Å². The first-order valence-electron chi connectivity index (χ1n) is 10.4. The number of methoxy groups -OCH3 is 2. The van der Waals surface area contributed by atoms with Gasteiger partial charge in [-0.3, -0.25) is 0 Å². The lowest BCUT2D eigenvalue weighted by Crippen LogP contribution is -2.24. The molecule has 7 heteroatoms. The molecule has 0 fully saturated rings. The van der Waals surface area contributed by atoms with Crippen LogP contribution in [-0.2, 0) is 17.8 Å². The predicted octanol–water partition coefficient (Wildman–Crippen LogP) is 6.96. The summed E-state index contributed by atoms with van der Waals surface area (Å²) in [5, 5.41) is 0. The largest absolute Gasteiger partial charge is 0.501 e. The molecule has 0 aromatic heterocycles. The van der Waals surface area contributed by atoms with E-state index in [0.29, 0.717) is 24.2 Å². The molecule has 3 rings (SSSR count). The SMILES string of the molecule is CCO/C=C/c1c(Br)cc(N(Cc2ccc(OC)cc2)Cc2ccc(OC)cc2)c(F)c1F. The Bertz CT molecular complexity index is 1040. The van der Waals surface area contributed by atoms with Gasteiger partial charge in [-0.25, -0.2) is 8.78 Å². The van der Waals surface area contributed by atoms with Gasteiger partial charge in [0, 0.05) is 23.1 Å². The molecule has 0 heterocycles. The predicted molar refractivity (Wildman–Crippen MR) is 131 cm³/mol. The van der Waals surface area contributed by atoms with Crippen molar-refractivity contribution in [3.05, 3.63) is 93.7 Å². The zero-order valence-electron chi connectivity index (χ0n) is 18.8. The Kier molecular flexibility index (Phi) is 8.72. The molecule has 33 heavy (non-hydrogen) atoms. The van der Waals surface area contributed by atoms with E-state index < -0.39 is 11.6 Å². The summed E-state index contributed by atoms with van der Waals surface area (Å²) in [4.78, 5) is 1.79. The van der Waals surface area contributed by atoms with Crippen LogP contribution >= 0.6 is 15.9 Å². The van der Waals surface area contributed by atoms with Crippen LogP contribution in [0, 0.1) is 11.6 Å². The van der Waals surface area contributed by atoms with Crippen molar-refractivity contribution in [1.29, 1.82) is 0 Å². The number of rotatable bonds is 10. The summed E-state index contributed by atoms with van der Waals surface area (Å²) in [5.74, 6) is -0.405. The Morgan fingerprint density at radius 1 is 0.848 bits per heavy atom. The summed E-state index contributed by atoms with van der Waals surface area (Å²) < 4.78 is 46.3. The van der Waals surface area contributed by atoms with Crippen LogP contribution in [0.4, 0.5) is 14.5 Å². The Balaban J connectivity index is 1.99. The highest BCUT2D eigenvalue weighted by Crippen LogP contribution is 2.33. The monoisotopic (exact) mass is 517 g/mol. The van der Waals surface area contributed by atoms with Crippen LogP contribution in [0.15, 0.2) is 65.3 Å². The molecule has 174 valence electrons. The second kappa shape index (κ2) is 11.7. The number of hydrogen-bond donors (Lipinski definition) is 0. The highest BCUT2D eigenvalue weighted by molar-refractivity contribution is 9.10. The minimum atomic E-state index is -0.940. The molecule has 0 radical (unpaired) electrons. The smallest absolute Gasteiger partial charge is 0.182 e. The van der Waals surface area contributed by atoms with E-state index in [9.17, 15) is 0 Å². The molecule has 3 aromatic rings. The van der Waals surface area contributed by atoms with Crippen molar-refractivity contribution in [3.8, 4) is 11.5 Å². The molecular formula is C26H26BrF2NO3. The van der Waals surface area contributed by atoms with Gasteiger partial charge in [0.15, 0.2) is 11.6 Å². The summed E-state index contributed by atoms with van der Waals surface area (Å²) >= 11 is 3.39. The van der Waals surface area contributed by atoms with Crippen molar-refractivity contribution in [2.24, 2.45) is 0 Å². The molecule has 4 nitrogen and oxygen atoms in total. The van der Waals surface area contributed by atoms with Gasteiger partial charge >= 0.3 is 0 Å². The van der Waals surface area contributed by atoms with Crippen molar-refractivity contribution in [1.82, 2.24) is 0 Å². The minimum Gasteiger partial charge on any atom is -0.501 e. The lowest BCUT2D eigenvalue weighted by atomic mass is 10.1. The van der Waals surface area contributed by atoms with Crippen LogP contribution < -0.4 is 14.4 Å². The second-order valence-electron chi connectivity index (χ2n) is 7.23. The fourth-order valence-corrected chi connectivity index (χ4v) is 3.84. The lowest BCUT2D eigenvalue weighted by Gasteiger charge is -2.27. The van der Waals surface area contributed by atoms with Gasteiger partial charge in [-0.05, 0) is 70.4 Å². The van der Waals surface area contributed by atoms with Gasteiger partial charge in [0.1, 0.15) is 11.5 Å². The summed E-state index contributed by atoms with van der Waals surface area (Å²) in [7, 11) is 3.20. The maximum Gasteiger partial charge on any atom is 0.182 e. The zero-order valence-corrected chi connectivity index (χ0v) is 20.4. The zero-order chi connectivity index (χ0) is 23.8. The van der Waals surface area contributed by atoms with E-state index in [1.165, 1.54) is 12.3 Å².